The Morgan fingerprint density at radius 3 is 2.65 bits per heavy atom. The second-order valence-electron chi connectivity index (χ2n) is 7.13. The van der Waals surface area contributed by atoms with Crippen molar-refractivity contribution in [3.05, 3.63) is 18.5 Å². The summed E-state index contributed by atoms with van der Waals surface area (Å²) in [6, 6.07) is 2.95. The minimum Gasteiger partial charge on any atom is -0.489 e. The lowest BCUT2D eigenvalue weighted by Crippen LogP contribution is -2.47. The second-order valence-corrected chi connectivity index (χ2v) is 7.13. The average molecular weight is 370 g/mol. The van der Waals surface area contributed by atoms with Crippen molar-refractivity contribution in [2.45, 2.75) is 43.6 Å². The van der Waals surface area contributed by atoms with Crippen LogP contribution in [-0.2, 0) is 4.79 Å². The highest BCUT2D eigenvalue weighted by Gasteiger charge is 2.43. The van der Waals surface area contributed by atoms with E-state index in [0.717, 1.165) is 30.1 Å². The molecule has 3 fully saturated rings. The Labute approximate surface area is 149 Å². The summed E-state index contributed by atoms with van der Waals surface area (Å²) in [7, 11) is 0. The lowest BCUT2D eigenvalue weighted by Gasteiger charge is -2.33. The van der Waals surface area contributed by atoms with E-state index < -0.39 is 12.1 Å². The number of aromatic nitrogens is 1. The molecule has 0 saturated carbocycles. The number of likely N-dealkylation sites (tertiary alicyclic amines) is 1. The van der Waals surface area contributed by atoms with Gasteiger partial charge in [-0.3, -0.25) is 9.78 Å². The van der Waals surface area contributed by atoms with Gasteiger partial charge >= 0.3 is 12.1 Å². The van der Waals surface area contributed by atoms with E-state index in [1.165, 1.54) is 0 Å². The highest BCUT2D eigenvalue weighted by molar-refractivity contribution is 5.81. The Kier molecular flexibility index (Phi) is 4.42. The van der Waals surface area contributed by atoms with Crippen molar-refractivity contribution in [1.82, 2.24) is 15.2 Å². The molecule has 4 rings (SSSR count). The quantitative estimate of drug-likeness (QED) is 0.875. The van der Waals surface area contributed by atoms with Gasteiger partial charge in [-0.1, -0.05) is 0 Å². The SMILES string of the molecule is O=C(N1CCC(Oc2cncc(N3C[C@H]4C[C@H]3CN4)c2)CC1)C(F)(F)F. The van der Waals surface area contributed by atoms with Crippen LogP contribution >= 0.6 is 0 Å². The number of amides is 1. The van der Waals surface area contributed by atoms with Gasteiger partial charge in [0.15, 0.2) is 0 Å². The van der Waals surface area contributed by atoms with E-state index in [9.17, 15) is 18.0 Å². The lowest BCUT2D eigenvalue weighted by molar-refractivity contribution is -0.187. The van der Waals surface area contributed by atoms with Crippen LogP contribution in [0.3, 0.4) is 0 Å². The maximum atomic E-state index is 12.5. The summed E-state index contributed by atoms with van der Waals surface area (Å²) in [6.45, 7) is 2.03. The first kappa shape index (κ1) is 17.4. The number of pyridine rings is 1. The van der Waals surface area contributed by atoms with Crippen molar-refractivity contribution in [1.29, 1.82) is 0 Å². The number of fused-ring (bicyclic) bond motifs is 2. The van der Waals surface area contributed by atoms with Crippen LogP contribution in [0.4, 0.5) is 18.9 Å². The summed E-state index contributed by atoms with van der Waals surface area (Å²) in [5, 5.41) is 3.45. The predicted molar refractivity (Wildman–Crippen MR) is 88.1 cm³/mol. The highest BCUT2D eigenvalue weighted by Crippen LogP contribution is 2.31. The summed E-state index contributed by atoms with van der Waals surface area (Å²) < 4.78 is 43.4. The summed E-state index contributed by atoms with van der Waals surface area (Å²) in [6.07, 6.45) is 0.323. The third-order valence-electron chi connectivity index (χ3n) is 5.36. The molecule has 1 aromatic heterocycles. The first-order chi connectivity index (χ1) is 12.4. The predicted octanol–water partition coefficient (Wildman–Crippen LogP) is 1.56. The molecule has 142 valence electrons. The van der Waals surface area contributed by atoms with Gasteiger partial charge in [0, 0.05) is 57.2 Å². The molecule has 0 unspecified atom stereocenters. The number of nitrogens with zero attached hydrogens (tertiary/aromatic N) is 3. The largest absolute Gasteiger partial charge is 0.489 e. The normalized spacial score (nSPS) is 26.4. The maximum absolute atomic E-state index is 12.5. The zero-order valence-electron chi connectivity index (χ0n) is 14.2. The Bertz CT molecular complexity index is 676. The molecule has 0 radical (unpaired) electrons. The molecule has 0 spiro atoms. The van der Waals surface area contributed by atoms with Gasteiger partial charge in [-0.25, -0.2) is 0 Å². The van der Waals surface area contributed by atoms with Crippen molar-refractivity contribution in [3.8, 4) is 5.75 Å². The third-order valence-corrected chi connectivity index (χ3v) is 5.36. The maximum Gasteiger partial charge on any atom is 0.471 e. The van der Waals surface area contributed by atoms with E-state index >= 15 is 0 Å². The van der Waals surface area contributed by atoms with Gasteiger partial charge in [-0.05, 0) is 6.42 Å². The summed E-state index contributed by atoms with van der Waals surface area (Å²) >= 11 is 0. The van der Waals surface area contributed by atoms with E-state index in [2.05, 4.69) is 15.2 Å². The third kappa shape index (κ3) is 3.44. The minimum atomic E-state index is -4.81. The summed E-state index contributed by atoms with van der Waals surface area (Å²) in [5.41, 5.74) is 1.01. The fourth-order valence-corrected chi connectivity index (χ4v) is 4.05. The molecule has 2 bridgehead atoms. The van der Waals surface area contributed by atoms with Gasteiger partial charge in [0.25, 0.3) is 0 Å². The van der Waals surface area contributed by atoms with Gasteiger partial charge in [-0.2, -0.15) is 13.2 Å². The molecule has 3 aliphatic rings. The van der Waals surface area contributed by atoms with Crippen molar-refractivity contribution in [2.24, 2.45) is 0 Å². The van der Waals surface area contributed by atoms with E-state index in [0.29, 0.717) is 30.7 Å². The number of anilines is 1. The van der Waals surface area contributed by atoms with Crippen LogP contribution in [0.15, 0.2) is 18.5 Å². The second kappa shape index (κ2) is 6.61. The van der Waals surface area contributed by atoms with Crippen molar-refractivity contribution < 1.29 is 22.7 Å². The van der Waals surface area contributed by atoms with Crippen LogP contribution < -0.4 is 15.0 Å². The molecule has 0 aliphatic carbocycles. The molecule has 2 atom stereocenters. The van der Waals surface area contributed by atoms with Crippen LogP contribution in [0, 0.1) is 0 Å². The smallest absolute Gasteiger partial charge is 0.471 e. The van der Waals surface area contributed by atoms with Gasteiger partial charge in [-0.15, -0.1) is 0 Å². The summed E-state index contributed by atoms with van der Waals surface area (Å²) in [4.78, 5) is 18.7. The standard InChI is InChI=1S/C17H21F3N4O2/c18-17(19,20)16(25)23-3-1-14(2-4-23)26-15-6-13(7-21-9-15)24-10-11-5-12(24)8-22-11/h6-7,9,11-12,14,22H,1-5,8,10H2/t11-,12+/m1/s1. The molecule has 4 heterocycles. The number of hydrogen-bond donors (Lipinski definition) is 1. The number of carbonyl (C=O) groups is 1. The number of alkyl halides is 3. The van der Waals surface area contributed by atoms with E-state index in [4.69, 9.17) is 4.74 Å². The Morgan fingerprint density at radius 2 is 2.04 bits per heavy atom. The van der Waals surface area contributed by atoms with E-state index in [1.807, 2.05) is 12.3 Å². The average Bonchev–Trinajstić information content (AvgIpc) is 3.25. The van der Waals surface area contributed by atoms with Crippen LogP contribution in [0.2, 0.25) is 0 Å². The molecular weight excluding hydrogens is 349 g/mol. The number of rotatable bonds is 3. The molecule has 0 aromatic carbocycles. The monoisotopic (exact) mass is 370 g/mol. The zero-order valence-corrected chi connectivity index (χ0v) is 14.2. The van der Waals surface area contributed by atoms with Gasteiger partial charge in [0.05, 0.1) is 18.1 Å². The summed E-state index contributed by atoms with van der Waals surface area (Å²) in [5.74, 6) is -1.14. The fourth-order valence-electron chi connectivity index (χ4n) is 4.05. The first-order valence-corrected chi connectivity index (χ1v) is 8.88. The number of nitrogens with one attached hydrogen (secondary N) is 1. The van der Waals surface area contributed by atoms with Gasteiger partial charge in [0.1, 0.15) is 11.9 Å². The molecular formula is C17H21F3N4O2. The molecule has 1 amide bonds. The van der Waals surface area contributed by atoms with Gasteiger partial charge < -0.3 is 19.9 Å². The number of piperidine rings is 1. The number of halogens is 3. The van der Waals surface area contributed by atoms with Crippen molar-refractivity contribution >= 4 is 11.6 Å². The Balaban J connectivity index is 1.34. The van der Waals surface area contributed by atoms with Crippen molar-refractivity contribution in [3.63, 3.8) is 0 Å². The van der Waals surface area contributed by atoms with Crippen LogP contribution in [0.1, 0.15) is 19.3 Å². The number of carbonyl (C=O) groups excluding carboxylic acids is 1. The number of hydrogen-bond acceptors (Lipinski definition) is 5. The molecule has 1 N–H and O–H groups in total. The molecule has 9 heteroatoms. The molecule has 3 saturated heterocycles. The van der Waals surface area contributed by atoms with Gasteiger partial charge in [0.2, 0.25) is 0 Å². The topological polar surface area (TPSA) is 57.7 Å². The minimum absolute atomic E-state index is 0.0533. The number of piperazine rings is 1. The molecule has 1 aromatic rings. The molecule has 6 nitrogen and oxygen atoms in total. The highest BCUT2D eigenvalue weighted by atomic mass is 19.4. The van der Waals surface area contributed by atoms with Crippen LogP contribution in [-0.4, -0.2) is 66.3 Å². The fraction of sp³-hybridized carbons (Fsp3) is 0.647. The van der Waals surface area contributed by atoms with E-state index in [1.54, 1.807) is 6.20 Å². The van der Waals surface area contributed by atoms with E-state index in [-0.39, 0.29) is 19.2 Å². The zero-order chi connectivity index (χ0) is 18.3. The van der Waals surface area contributed by atoms with Crippen molar-refractivity contribution in [2.75, 3.05) is 31.1 Å². The lowest BCUT2D eigenvalue weighted by atomic mass is 10.1. The number of ether oxygens (including phenoxy) is 1. The molecule has 26 heavy (non-hydrogen) atoms. The first-order valence-electron chi connectivity index (χ1n) is 8.88. The Morgan fingerprint density at radius 1 is 1.27 bits per heavy atom. The van der Waals surface area contributed by atoms with Crippen LogP contribution in [0.5, 0.6) is 5.75 Å². The Hall–Kier alpha value is -2.03. The molecule has 3 aliphatic heterocycles. The van der Waals surface area contributed by atoms with Crippen LogP contribution in [0.25, 0.3) is 0 Å².